The highest BCUT2D eigenvalue weighted by Crippen LogP contribution is 2.21. The van der Waals surface area contributed by atoms with Gasteiger partial charge in [0.05, 0.1) is 6.21 Å². The molecule has 0 radical (unpaired) electrons. The second-order valence-electron chi connectivity index (χ2n) is 4.92. The van der Waals surface area contributed by atoms with E-state index in [-0.39, 0.29) is 5.91 Å². The standard InChI is InChI=1S/C15H16BrN3O2/c1-3-15(2)13(20)19(14(21)18-15)17-10-12(16)9-11-7-5-4-6-8-11/h4-10H,3H2,1-2H3,(H,18,21)/b12-9-,17-10+. The Morgan fingerprint density at radius 3 is 2.62 bits per heavy atom. The maximum Gasteiger partial charge on any atom is 0.346 e. The molecule has 110 valence electrons. The zero-order chi connectivity index (χ0) is 15.5. The first-order valence-corrected chi connectivity index (χ1v) is 7.38. The summed E-state index contributed by atoms with van der Waals surface area (Å²) in [7, 11) is 0. The molecule has 1 N–H and O–H groups in total. The maximum atomic E-state index is 12.1. The fraction of sp³-hybridized carbons (Fsp3) is 0.267. The molecule has 0 saturated carbocycles. The molecule has 0 spiro atoms. The first-order valence-electron chi connectivity index (χ1n) is 6.59. The van der Waals surface area contributed by atoms with Crippen LogP contribution in [0.1, 0.15) is 25.8 Å². The molecule has 1 atom stereocenters. The van der Waals surface area contributed by atoms with Gasteiger partial charge in [-0.1, -0.05) is 37.3 Å². The minimum absolute atomic E-state index is 0.341. The molecule has 1 saturated heterocycles. The Bertz CT molecular complexity index is 613. The van der Waals surface area contributed by atoms with E-state index in [1.165, 1.54) is 6.21 Å². The third-order valence-corrected chi connectivity index (χ3v) is 3.78. The van der Waals surface area contributed by atoms with E-state index in [0.717, 1.165) is 10.6 Å². The number of hydrogen-bond acceptors (Lipinski definition) is 3. The highest BCUT2D eigenvalue weighted by molar-refractivity contribution is 9.12. The molecule has 0 aromatic heterocycles. The van der Waals surface area contributed by atoms with Crippen molar-refractivity contribution in [1.29, 1.82) is 0 Å². The summed E-state index contributed by atoms with van der Waals surface area (Å²) in [6, 6.07) is 9.16. The Morgan fingerprint density at radius 2 is 2.05 bits per heavy atom. The van der Waals surface area contributed by atoms with Crippen LogP contribution in [0.4, 0.5) is 4.79 Å². The third-order valence-electron chi connectivity index (χ3n) is 3.35. The number of amides is 3. The van der Waals surface area contributed by atoms with Crippen molar-refractivity contribution >= 4 is 40.2 Å². The number of imide groups is 1. The van der Waals surface area contributed by atoms with Crippen molar-refractivity contribution in [2.75, 3.05) is 0 Å². The Hall–Kier alpha value is -1.95. The highest BCUT2D eigenvalue weighted by atomic mass is 79.9. The molecule has 1 aliphatic rings. The zero-order valence-corrected chi connectivity index (χ0v) is 13.4. The molecule has 3 amide bonds. The minimum atomic E-state index is -0.871. The molecule has 6 heteroatoms. The lowest BCUT2D eigenvalue weighted by Crippen LogP contribution is -2.42. The number of urea groups is 1. The van der Waals surface area contributed by atoms with E-state index >= 15 is 0 Å². The summed E-state index contributed by atoms with van der Waals surface area (Å²) < 4.78 is 0.666. The molecule has 1 aliphatic heterocycles. The molecule has 0 bridgehead atoms. The molecule has 1 fully saturated rings. The van der Waals surface area contributed by atoms with Gasteiger partial charge < -0.3 is 5.32 Å². The fourth-order valence-corrected chi connectivity index (χ4v) is 2.23. The number of allylic oxidation sites excluding steroid dienone is 1. The zero-order valence-electron chi connectivity index (χ0n) is 11.8. The number of nitrogens with one attached hydrogen (secondary N) is 1. The van der Waals surface area contributed by atoms with E-state index in [1.807, 2.05) is 43.3 Å². The van der Waals surface area contributed by atoms with Gasteiger partial charge in [0.2, 0.25) is 0 Å². The minimum Gasteiger partial charge on any atom is -0.322 e. The molecule has 1 heterocycles. The number of carbonyl (C=O) groups is 2. The van der Waals surface area contributed by atoms with E-state index in [1.54, 1.807) is 6.92 Å². The summed E-state index contributed by atoms with van der Waals surface area (Å²) in [6.45, 7) is 3.54. The Labute approximate surface area is 131 Å². The van der Waals surface area contributed by atoms with Gasteiger partial charge in [-0.2, -0.15) is 5.10 Å². The van der Waals surface area contributed by atoms with Gasteiger partial charge in [0.1, 0.15) is 5.54 Å². The molecular weight excluding hydrogens is 334 g/mol. The largest absolute Gasteiger partial charge is 0.346 e. The first-order chi connectivity index (χ1) is 9.96. The van der Waals surface area contributed by atoms with E-state index < -0.39 is 11.6 Å². The van der Waals surface area contributed by atoms with Crippen molar-refractivity contribution in [2.45, 2.75) is 25.8 Å². The van der Waals surface area contributed by atoms with Crippen LogP contribution in [0.3, 0.4) is 0 Å². The van der Waals surface area contributed by atoms with Gasteiger partial charge in [-0.15, -0.1) is 5.01 Å². The Balaban J connectivity index is 2.13. The molecule has 5 nitrogen and oxygen atoms in total. The van der Waals surface area contributed by atoms with Gasteiger partial charge >= 0.3 is 6.03 Å². The van der Waals surface area contributed by atoms with Crippen LogP contribution in [0.25, 0.3) is 6.08 Å². The lowest BCUT2D eigenvalue weighted by Gasteiger charge is -2.17. The molecule has 1 aromatic rings. The van der Waals surface area contributed by atoms with Crippen molar-refractivity contribution in [1.82, 2.24) is 10.3 Å². The highest BCUT2D eigenvalue weighted by Gasteiger charge is 2.46. The summed E-state index contributed by atoms with van der Waals surface area (Å²) >= 11 is 3.35. The lowest BCUT2D eigenvalue weighted by atomic mass is 10.00. The summed E-state index contributed by atoms with van der Waals surface area (Å²) in [6.07, 6.45) is 3.80. The number of hydrogen-bond donors (Lipinski definition) is 1. The van der Waals surface area contributed by atoms with Crippen LogP contribution in [0.2, 0.25) is 0 Å². The maximum absolute atomic E-state index is 12.1. The van der Waals surface area contributed by atoms with Crippen LogP contribution in [-0.2, 0) is 4.79 Å². The second-order valence-corrected chi connectivity index (χ2v) is 5.83. The predicted octanol–water partition coefficient (Wildman–Crippen LogP) is 3.13. The average molecular weight is 350 g/mol. The smallest absolute Gasteiger partial charge is 0.322 e. The average Bonchev–Trinajstić information content (AvgIpc) is 2.69. The van der Waals surface area contributed by atoms with Gasteiger partial charge in [0.25, 0.3) is 5.91 Å². The fourth-order valence-electron chi connectivity index (χ4n) is 1.87. The molecule has 1 unspecified atom stereocenters. The SMILES string of the molecule is CCC1(C)NC(=O)N(/N=C/C(Br)=C/c2ccccc2)C1=O. The number of rotatable bonds is 4. The monoisotopic (exact) mass is 349 g/mol. The summed E-state index contributed by atoms with van der Waals surface area (Å²) in [5, 5.41) is 7.46. The number of hydrazone groups is 1. The van der Waals surface area contributed by atoms with Crippen molar-refractivity contribution in [2.24, 2.45) is 5.10 Å². The van der Waals surface area contributed by atoms with Gasteiger partial charge in [-0.25, -0.2) is 4.79 Å². The second kappa shape index (κ2) is 6.22. The molecule has 0 aliphatic carbocycles. The van der Waals surface area contributed by atoms with E-state index in [4.69, 9.17) is 0 Å². The lowest BCUT2D eigenvalue weighted by molar-refractivity contribution is -0.130. The quantitative estimate of drug-likeness (QED) is 0.670. The number of benzene rings is 1. The van der Waals surface area contributed by atoms with Crippen LogP contribution in [-0.4, -0.2) is 28.7 Å². The van der Waals surface area contributed by atoms with Gasteiger partial charge in [-0.3, -0.25) is 4.79 Å². The Morgan fingerprint density at radius 1 is 1.38 bits per heavy atom. The molecular formula is C15H16BrN3O2. The topological polar surface area (TPSA) is 61.8 Å². The van der Waals surface area contributed by atoms with Crippen LogP contribution in [0.15, 0.2) is 39.9 Å². The van der Waals surface area contributed by atoms with Crippen molar-refractivity contribution in [3.8, 4) is 0 Å². The Kier molecular flexibility index (Phi) is 4.57. The van der Waals surface area contributed by atoms with Crippen molar-refractivity contribution in [3.05, 3.63) is 40.4 Å². The van der Waals surface area contributed by atoms with Crippen LogP contribution < -0.4 is 5.32 Å². The summed E-state index contributed by atoms with van der Waals surface area (Å²) in [4.78, 5) is 23.9. The van der Waals surface area contributed by atoms with Crippen molar-refractivity contribution < 1.29 is 9.59 Å². The molecule has 21 heavy (non-hydrogen) atoms. The predicted molar refractivity (Wildman–Crippen MR) is 85.9 cm³/mol. The molecule has 2 rings (SSSR count). The van der Waals surface area contributed by atoms with E-state index in [2.05, 4.69) is 26.3 Å². The van der Waals surface area contributed by atoms with Crippen LogP contribution in [0, 0.1) is 0 Å². The number of carbonyl (C=O) groups excluding carboxylic acids is 2. The van der Waals surface area contributed by atoms with E-state index in [0.29, 0.717) is 10.9 Å². The normalized spacial score (nSPS) is 23.0. The van der Waals surface area contributed by atoms with Gasteiger partial charge in [0.15, 0.2) is 0 Å². The van der Waals surface area contributed by atoms with Crippen molar-refractivity contribution in [3.63, 3.8) is 0 Å². The summed E-state index contributed by atoms with van der Waals surface area (Å²) in [5.41, 5.74) is 0.121. The molecule has 1 aromatic carbocycles. The number of nitrogens with zero attached hydrogens (tertiary/aromatic N) is 2. The van der Waals surface area contributed by atoms with Gasteiger partial charge in [0, 0.05) is 4.48 Å². The number of halogens is 1. The van der Waals surface area contributed by atoms with E-state index in [9.17, 15) is 9.59 Å². The first kappa shape index (κ1) is 15.4. The van der Waals surface area contributed by atoms with Gasteiger partial charge in [-0.05, 0) is 40.9 Å². The van der Waals surface area contributed by atoms with Crippen LogP contribution in [0.5, 0.6) is 0 Å². The third kappa shape index (κ3) is 3.39. The van der Waals surface area contributed by atoms with Crippen LogP contribution >= 0.6 is 15.9 Å². The summed E-state index contributed by atoms with van der Waals surface area (Å²) in [5.74, 6) is -0.341.